The SMILES string of the molecule is CC(=O)Nc1ccc(S(=O)(=O)Oc2ccc(Cl)cc2CN(CC2CCCO2)C(=O)c2cccs2)cc1. The van der Waals surface area contributed by atoms with Crippen LogP contribution in [0.5, 0.6) is 5.75 Å². The third kappa shape index (κ3) is 6.64. The van der Waals surface area contributed by atoms with Gasteiger partial charge in [0.2, 0.25) is 5.91 Å². The first-order valence-electron chi connectivity index (χ1n) is 11.3. The van der Waals surface area contributed by atoms with Gasteiger partial charge in [-0.3, -0.25) is 9.59 Å². The molecule has 0 spiro atoms. The fourth-order valence-corrected chi connectivity index (χ4v) is 5.69. The maximum Gasteiger partial charge on any atom is 0.339 e. The van der Waals surface area contributed by atoms with Crippen LogP contribution in [0.3, 0.4) is 0 Å². The van der Waals surface area contributed by atoms with E-state index in [9.17, 15) is 18.0 Å². The smallest absolute Gasteiger partial charge is 0.339 e. The quantitative estimate of drug-likeness (QED) is 0.380. The van der Waals surface area contributed by atoms with E-state index in [-0.39, 0.29) is 35.1 Å². The van der Waals surface area contributed by atoms with E-state index in [0.29, 0.717) is 34.3 Å². The molecule has 4 rings (SSSR count). The number of hydrogen-bond acceptors (Lipinski definition) is 7. The van der Waals surface area contributed by atoms with E-state index in [2.05, 4.69) is 5.32 Å². The van der Waals surface area contributed by atoms with E-state index in [0.717, 1.165) is 12.8 Å². The Morgan fingerprint density at radius 1 is 1.19 bits per heavy atom. The van der Waals surface area contributed by atoms with Crippen molar-refractivity contribution in [2.75, 3.05) is 18.5 Å². The van der Waals surface area contributed by atoms with Gasteiger partial charge in [-0.2, -0.15) is 8.42 Å². The summed E-state index contributed by atoms with van der Waals surface area (Å²) in [4.78, 5) is 26.6. The van der Waals surface area contributed by atoms with Crippen LogP contribution >= 0.6 is 22.9 Å². The molecule has 8 nitrogen and oxygen atoms in total. The van der Waals surface area contributed by atoms with Crippen molar-refractivity contribution in [1.29, 1.82) is 0 Å². The molecule has 1 aliphatic rings. The number of ether oxygens (including phenoxy) is 1. The number of rotatable bonds is 9. The number of nitrogens with zero attached hydrogens (tertiary/aromatic N) is 1. The normalized spacial score (nSPS) is 15.4. The zero-order valence-electron chi connectivity index (χ0n) is 19.5. The number of nitrogens with one attached hydrogen (secondary N) is 1. The Kier molecular flexibility index (Phi) is 8.30. The average molecular weight is 549 g/mol. The molecule has 36 heavy (non-hydrogen) atoms. The Labute approximate surface area is 218 Å². The molecule has 0 saturated carbocycles. The maximum absolute atomic E-state index is 13.3. The number of carbonyl (C=O) groups excluding carboxylic acids is 2. The summed E-state index contributed by atoms with van der Waals surface area (Å²) in [5.74, 6) is -0.373. The van der Waals surface area contributed by atoms with Gasteiger partial charge in [0, 0.05) is 42.9 Å². The van der Waals surface area contributed by atoms with E-state index in [1.54, 1.807) is 23.1 Å². The number of hydrogen-bond donors (Lipinski definition) is 1. The molecule has 1 aromatic heterocycles. The third-order valence-electron chi connectivity index (χ3n) is 5.51. The van der Waals surface area contributed by atoms with Gasteiger partial charge >= 0.3 is 10.1 Å². The lowest BCUT2D eigenvalue weighted by Crippen LogP contribution is -2.36. The van der Waals surface area contributed by atoms with Gasteiger partial charge in [-0.05, 0) is 66.8 Å². The molecule has 2 aromatic carbocycles. The highest BCUT2D eigenvalue weighted by Gasteiger charge is 2.26. The lowest BCUT2D eigenvalue weighted by molar-refractivity contribution is -0.114. The first-order valence-corrected chi connectivity index (χ1v) is 13.9. The topological polar surface area (TPSA) is 102 Å². The minimum atomic E-state index is -4.20. The lowest BCUT2D eigenvalue weighted by Gasteiger charge is -2.26. The van der Waals surface area contributed by atoms with E-state index in [4.69, 9.17) is 20.5 Å². The van der Waals surface area contributed by atoms with Crippen molar-refractivity contribution in [3.63, 3.8) is 0 Å². The number of benzene rings is 2. The standard InChI is InChI=1S/C25H25ClN2O6S2/c1-17(29)27-20-7-9-22(10-8-20)36(31,32)34-23-11-6-19(26)14-18(23)15-28(16-21-4-2-12-33-21)25(30)24-5-3-13-35-24/h3,5-11,13-14,21H,2,4,12,15-16H2,1H3,(H,27,29). The van der Waals surface area contributed by atoms with Crippen LogP contribution in [0.15, 0.2) is 64.9 Å². The molecule has 2 amide bonds. The molecule has 1 N–H and O–H groups in total. The van der Waals surface area contributed by atoms with Gasteiger partial charge in [0.15, 0.2) is 0 Å². The average Bonchev–Trinajstić information content (AvgIpc) is 3.54. The van der Waals surface area contributed by atoms with E-state index < -0.39 is 10.1 Å². The van der Waals surface area contributed by atoms with Crippen LogP contribution in [-0.4, -0.2) is 44.4 Å². The van der Waals surface area contributed by atoms with Crippen LogP contribution in [0.4, 0.5) is 5.69 Å². The molecule has 1 aliphatic heterocycles. The largest absolute Gasteiger partial charge is 0.379 e. The van der Waals surface area contributed by atoms with Gasteiger partial charge in [0.25, 0.3) is 5.91 Å². The minimum absolute atomic E-state index is 0.0710. The number of amides is 2. The van der Waals surface area contributed by atoms with Crippen molar-refractivity contribution in [3.8, 4) is 5.75 Å². The van der Waals surface area contributed by atoms with Crippen molar-refractivity contribution < 1.29 is 26.9 Å². The lowest BCUT2D eigenvalue weighted by atomic mass is 10.1. The summed E-state index contributed by atoms with van der Waals surface area (Å²) in [6, 6.07) is 13.8. The first-order chi connectivity index (χ1) is 17.2. The summed E-state index contributed by atoms with van der Waals surface area (Å²) < 4.78 is 37.3. The zero-order chi connectivity index (χ0) is 25.7. The molecule has 3 aromatic rings. The summed E-state index contributed by atoms with van der Waals surface area (Å²) in [5.41, 5.74) is 0.911. The monoisotopic (exact) mass is 548 g/mol. The number of anilines is 1. The molecule has 1 fully saturated rings. The Morgan fingerprint density at radius 3 is 2.61 bits per heavy atom. The molecule has 2 heterocycles. The highest BCUT2D eigenvalue weighted by molar-refractivity contribution is 7.87. The molecule has 1 unspecified atom stereocenters. The Balaban J connectivity index is 1.59. The van der Waals surface area contributed by atoms with Crippen LogP contribution < -0.4 is 9.50 Å². The molecule has 0 aliphatic carbocycles. The third-order valence-corrected chi connectivity index (χ3v) is 7.86. The van der Waals surface area contributed by atoms with Crippen molar-refractivity contribution in [2.24, 2.45) is 0 Å². The minimum Gasteiger partial charge on any atom is -0.379 e. The molecular weight excluding hydrogens is 524 g/mol. The predicted molar refractivity (Wildman–Crippen MR) is 138 cm³/mol. The van der Waals surface area contributed by atoms with Crippen molar-refractivity contribution >= 4 is 50.6 Å². The second-order valence-corrected chi connectivity index (χ2v) is 11.2. The molecule has 0 radical (unpaired) electrons. The fraction of sp³-hybridized carbons (Fsp3) is 0.280. The second kappa shape index (κ2) is 11.4. The maximum atomic E-state index is 13.3. The van der Waals surface area contributed by atoms with E-state index in [1.807, 2.05) is 5.38 Å². The van der Waals surface area contributed by atoms with Crippen molar-refractivity contribution in [1.82, 2.24) is 4.90 Å². The Bertz CT molecular complexity index is 1320. The Hall–Kier alpha value is -2.92. The summed E-state index contributed by atoms with van der Waals surface area (Å²) in [6.45, 7) is 2.46. The van der Waals surface area contributed by atoms with Gasteiger partial charge < -0.3 is 19.1 Å². The summed E-state index contributed by atoms with van der Waals surface area (Å²) in [6.07, 6.45) is 1.68. The highest BCUT2D eigenvalue weighted by Crippen LogP contribution is 2.29. The van der Waals surface area contributed by atoms with Crippen LogP contribution in [0.2, 0.25) is 5.02 Å². The predicted octanol–water partition coefficient (Wildman–Crippen LogP) is 4.95. The Morgan fingerprint density at radius 2 is 1.97 bits per heavy atom. The van der Waals surface area contributed by atoms with Gasteiger partial charge in [-0.25, -0.2) is 0 Å². The summed E-state index contributed by atoms with van der Waals surface area (Å²) >= 11 is 7.57. The number of carbonyl (C=O) groups is 2. The van der Waals surface area contributed by atoms with Crippen LogP contribution in [0, 0.1) is 0 Å². The van der Waals surface area contributed by atoms with Gasteiger partial charge in [-0.15, -0.1) is 11.3 Å². The van der Waals surface area contributed by atoms with E-state index in [1.165, 1.54) is 54.7 Å². The molecule has 1 atom stereocenters. The van der Waals surface area contributed by atoms with Gasteiger partial charge in [0.1, 0.15) is 10.6 Å². The van der Waals surface area contributed by atoms with Crippen LogP contribution in [-0.2, 0) is 26.2 Å². The van der Waals surface area contributed by atoms with Crippen LogP contribution in [0.25, 0.3) is 0 Å². The summed E-state index contributed by atoms with van der Waals surface area (Å²) in [5, 5.41) is 4.80. The first kappa shape index (κ1) is 26.2. The number of halogens is 1. The van der Waals surface area contributed by atoms with Crippen molar-refractivity contribution in [3.05, 3.63) is 75.4 Å². The van der Waals surface area contributed by atoms with Crippen molar-refractivity contribution in [2.45, 2.75) is 37.3 Å². The van der Waals surface area contributed by atoms with Gasteiger partial charge in [0.05, 0.1) is 11.0 Å². The second-order valence-electron chi connectivity index (χ2n) is 8.29. The van der Waals surface area contributed by atoms with Crippen LogP contribution in [0.1, 0.15) is 35.0 Å². The van der Waals surface area contributed by atoms with E-state index >= 15 is 0 Å². The fourth-order valence-electron chi connectivity index (χ4n) is 3.84. The molecule has 0 bridgehead atoms. The zero-order valence-corrected chi connectivity index (χ0v) is 21.9. The number of thiophene rings is 1. The molecule has 190 valence electrons. The molecule has 1 saturated heterocycles. The summed E-state index contributed by atoms with van der Waals surface area (Å²) in [7, 11) is -4.20. The molecule has 11 heteroatoms. The van der Waals surface area contributed by atoms with Gasteiger partial charge in [-0.1, -0.05) is 17.7 Å². The highest BCUT2D eigenvalue weighted by atomic mass is 35.5. The molecular formula is C25H25ClN2O6S2.